The maximum atomic E-state index is 10.7. The van der Waals surface area contributed by atoms with Crippen molar-refractivity contribution in [1.29, 1.82) is 0 Å². The van der Waals surface area contributed by atoms with E-state index in [0.717, 1.165) is 27.4 Å². The molecule has 5 nitrogen and oxygen atoms in total. The van der Waals surface area contributed by atoms with E-state index >= 15 is 0 Å². The van der Waals surface area contributed by atoms with Gasteiger partial charge < -0.3 is 24.3 Å². The van der Waals surface area contributed by atoms with Crippen LogP contribution in [0.3, 0.4) is 0 Å². The quantitative estimate of drug-likeness (QED) is 0.218. The molecule has 4 aromatic rings. The lowest BCUT2D eigenvalue weighted by atomic mass is 9.56. The van der Waals surface area contributed by atoms with Gasteiger partial charge in [0.1, 0.15) is 18.3 Å². The van der Waals surface area contributed by atoms with Crippen LogP contribution in [0.1, 0.15) is 5.56 Å². The molecule has 0 radical (unpaired) electrons. The zero-order chi connectivity index (χ0) is 23.8. The minimum Gasteiger partial charge on any atom is -0.457 e. The molecule has 4 rings (SSSR count). The fraction of sp³-hybridized carbons (Fsp3) is 0.111. The summed E-state index contributed by atoms with van der Waals surface area (Å²) in [5, 5.41) is 21.3. The van der Waals surface area contributed by atoms with E-state index in [0.29, 0.717) is 18.1 Å². The Bertz CT molecular complexity index is 1150. The Morgan fingerprint density at radius 2 is 1.03 bits per heavy atom. The monoisotopic (exact) mass is 452 g/mol. The van der Waals surface area contributed by atoms with Crippen molar-refractivity contribution < 1.29 is 24.3 Å². The third-order valence-electron chi connectivity index (χ3n) is 5.51. The molecule has 0 heterocycles. The van der Waals surface area contributed by atoms with Crippen molar-refractivity contribution in [2.24, 2.45) is 0 Å². The fourth-order valence-electron chi connectivity index (χ4n) is 3.63. The summed E-state index contributed by atoms with van der Waals surface area (Å²) in [6.07, 6.45) is 0. The number of hydrogen-bond donors (Lipinski definition) is 2. The van der Waals surface area contributed by atoms with Crippen LogP contribution in [0.4, 0.5) is 0 Å². The van der Waals surface area contributed by atoms with Gasteiger partial charge in [-0.3, -0.25) is 0 Å². The van der Waals surface area contributed by atoms with Crippen molar-refractivity contribution in [3.05, 3.63) is 109 Å². The van der Waals surface area contributed by atoms with Crippen LogP contribution in [0, 0.1) is 0 Å². The van der Waals surface area contributed by atoms with Gasteiger partial charge >= 0.3 is 13.8 Å². The molecule has 0 saturated carbocycles. The fourth-order valence-corrected chi connectivity index (χ4v) is 3.63. The predicted molar refractivity (Wildman–Crippen MR) is 137 cm³/mol. The van der Waals surface area contributed by atoms with Crippen LogP contribution in [-0.4, -0.2) is 37.8 Å². The SMILES string of the molecule is COCOCc1ccc(B(O)c2ccc(Oc3ccc(B(O)c4ccccc4)cc3)cc2)cc1. The standard InChI is InChI=1S/C27H26B2O5/c1-32-20-33-19-21-7-9-23(10-8-21)29(31)25-13-17-27(18-14-25)34-26-15-11-24(12-16-26)28(30)22-5-3-2-4-6-22/h2-18,30-31H,19-20H2,1H3. The molecule has 0 aliphatic rings. The number of benzene rings is 4. The molecular formula is C27H26B2O5. The molecule has 7 heteroatoms. The highest BCUT2D eigenvalue weighted by Gasteiger charge is 2.18. The first-order valence-electron chi connectivity index (χ1n) is 11.1. The average molecular weight is 452 g/mol. The van der Waals surface area contributed by atoms with Crippen LogP contribution in [0.2, 0.25) is 0 Å². The summed E-state index contributed by atoms with van der Waals surface area (Å²) < 4.78 is 16.2. The molecule has 0 amide bonds. The second kappa shape index (κ2) is 11.7. The maximum Gasteiger partial charge on any atom is 0.358 e. The van der Waals surface area contributed by atoms with E-state index in [9.17, 15) is 10.0 Å². The van der Waals surface area contributed by atoms with Crippen molar-refractivity contribution in [2.75, 3.05) is 13.9 Å². The summed E-state index contributed by atoms with van der Waals surface area (Å²) >= 11 is 0. The van der Waals surface area contributed by atoms with Crippen LogP contribution in [0.15, 0.2) is 103 Å². The zero-order valence-corrected chi connectivity index (χ0v) is 19.0. The second-order valence-electron chi connectivity index (χ2n) is 7.95. The van der Waals surface area contributed by atoms with Crippen LogP contribution < -0.4 is 26.6 Å². The van der Waals surface area contributed by atoms with Crippen molar-refractivity contribution in [3.8, 4) is 11.5 Å². The van der Waals surface area contributed by atoms with Gasteiger partial charge in [-0.2, -0.15) is 0 Å². The van der Waals surface area contributed by atoms with Crippen LogP contribution in [-0.2, 0) is 16.1 Å². The summed E-state index contributed by atoms with van der Waals surface area (Å²) in [4.78, 5) is 0. The van der Waals surface area contributed by atoms with E-state index in [1.54, 1.807) is 7.11 Å². The summed E-state index contributed by atoms with van der Waals surface area (Å²) in [7, 11) is 1.59. The van der Waals surface area contributed by atoms with Crippen molar-refractivity contribution in [2.45, 2.75) is 6.61 Å². The molecular weight excluding hydrogens is 426 g/mol. The lowest BCUT2D eigenvalue weighted by molar-refractivity contribution is -0.0390. The smallest absolute Gasteiger partial charge is 0.358 e. The molecule has 170 valence electrons. The molecule has 0 aromatic heterocycles. The Kier molecular flexibility index (Phi) is 8.17. The third-order valence-corrected chi connectivity index (χ3v) is 5.51. The lowest BCUT2D eigenvalue weighted by Gasteiger charge is -2.11. The summed E-state index contributed by atoms with van der Waals surface area (Å²) in [6.45, 7) is -0.703. The number of ether oxygens (including phenoxy) is 3. The van der Waals surface area contributed by atoms with Gasteiger partial charge in [-0.1, -0.05) is 78.9 Å². The summed E-state index contributed by atoms with van der Waals surface area (Å²) in [5.41, 5.74) is 4.24. The Morgan fingerprint density at radius 1 is 0.588 bits per heavy atom. The first-order chi connectivity index (χ1) is 16.6. The van der Waals surface area contributed by atoms with Gasteiger partial charge in [0.2, 0.25) is 0 Å². The minimum absolute atomic E-state index is 0.249. The lowest BCUT2D eigenvalue weighted by Crippen LogP contribution is -2.42. The number of rotatable bonds is 10. The Morgan fingerprint density at radius 3 is 1.50 bits per heavy atom. The van der Waals surface area contributed by atoms with Crippen LogP contribution in [0.5, 0.6) is 11.5 Å². The molecule has 0 aliphatic heterocycles. The highest BCUT2D eigenvalue weighted by Crippen LogP contribution is 2.19. The molecule has 0 atom stereocenters. The van der Waals surface area contributed by atoms with E-state index in [4.69, 9.17) is 14.2 Å². The topological polar surface area (TPSA) is 68.2 Å². The average Bonchev–Trinajstić information content (AvgIpc) is 2.90. The third kappa shape index (κ3) is 6.16. The molecule has 0 spiro atoms. The van der Waals surface area contributed by atoms with E-state index in [1.165, 1.54) is 0 Å². The minimum atomic E-state index is -0.734. The van der Waals surface area contributed by atoms with Gasteiger partial charge in [0, 0.05) is 7.11 Å². The first-order valence-corrected chi connectivity index (χ1v) is 11.1. The molecule has 0 aliphatic carbocycles. The van der Waals surface area contributed by atoms with Gasteiger partial charge in [-0.05, 0) is 51.7 Å². The van der Waals surface area contributed by atoms with Crippen molar-refractivity contribution >= 4 is 35.7 Å². The Hall–Kier alpha value is -3.35. The van der Waals surface area contributed by atoms with Gasteiger partial charge in [0.25, 0.3) is 0 Å². The largest absolute Gasteiger partial charge is 0.457 e. The molecule has 2 N–H and O–H groups in total. The number of methoxy groups -OCH3 is 1. The highest BCUT2D eigenvalue weighted by atomic mass is 16.7. The second-order valence-corrected chi connectivity index (χ2v) is 7.95. The van der Waals surface area contributed by atoms with E-state index < -0.39 is 13.8 Å². The zero-order valence-electron chi connectivity index (χ0n) is 19.0. The van der Waals surface area contributed by atoms with E-state index in [-0.39, 0.29) is 6.79 Å². The molecule has 34 heavy (non-hydrogen) atoms. The normalized spacial score (nSPS) is 10.7. The van der Waals surface area contributed by atoms with Crippen LogP contribution >= 0.6 is 0 Å². The summed E-state index contributed by atoms with van der Waals surface area (Å²) in [5.74, 6) is 1.33. The van der Waals surface area contributed by atoms with Crippen molar-refractivity contribution in [3.63, 3.8) is 0 Å². The molecule has 0 fully saturated rings. The van der Waals surface area contributed by atoms with E-state index in [2.05, 4.69) is 0 Å². The van der Waals surface area contributed by atoms with Crippen molar-refractivity contribution in [1.82, 2.24) is 0 Å². The molecule has 0 unspecified atom stereocenters. The molecule has 4 aromatic carbocycles. The molecule has 0 bridgehead atoms. The maximum absolute atomic E-state index is 10.7. The Balaban J connectivity index is 1.36. The first kappa shape index (κ1) is 23.8. The predicted octanol–water partition coefficient (Wildman–Crippen LogP) is 1.80. The van der Waals surface area contributed by atoms with Gasteiger partial charge in [-0.15, -0.1) is 0 Å². The number of hydrogen-bond acceptors (Lipinski definition) is 5. The molecule has 0 saturated heterocycles. The highest BCUT2D eigenvalue weighted by molar-refractivity contribution is 6.79. The van der Waals surface area contributed by atoms with Gasteiger partial charge in [0.05, 0.1) is 6.61 Å². The van der Waals surface area contributed by atoms with Crippen LogP contribution in [0.25, 0.3) is 0 Å². The van der Waals surface area contributed by atoms with Gasteiger partial charge in [-0.25, -0.2) is 0 Å². The summed E-state index contributed by atoms with van der Waals surface area (Å²) in [6, 6.07) is 31.9. The van der Waals surface area contributed by atoms with E-state index in [1.807, 2.05) is 103 Å². The van der Waals surface area contributed by atoms with Gasteiger partial charge in [0.15, 0.2) is 0 Å². The Labute approximate surface area is 200 Å².